The zero-order chi connectivity index (χ0) is 14.1. The van der Waals surface area contributed by atoms with Gasteiger partial charge in [0.1, 0.15) is 5.75 Å². The highest BCUT2D eigenvalue weighted by atomic mass is 32.2. The van der Waals surface area contributed by atoms with Crippen LogP contribution in [0.1, 0.15) is 11.1 Å². The second-order valence-corrected chi connectivity index (χ2v) is 5.23. The van der Waals surface area contributed by atoms with Gasteiger partial charge in [-0.05, 0) is 23.4 Å². The van der Waals surface area contributed by atoms with Gasteiger partial charge in [-0.25, -0.2) is 9.59 Å². The highest BCUT2D eigenvalue weighted by Crippen LogP contribution is 2.26. The summed E-state index contributed by atoms with van der Waals surface area (Å²) in [6.45, 7) is 1.08. The summed E-state index contributed by atoms with van der Waals surface area (Å²) in [5, 5.41) is 0.412. The number of fused-ring (bicyclic) bond motifs is 1. The summed E-state index contributed by atoms with van der Waals surface area (Å²) in [4.78, 5) is 29.1. The van der Waals surface area contributed by atoms with E-state index in [0.29, 0.717) is 18.3 Å². The lowest BCUT2D eigenvalue weighted by Gasteiger charge is -2.09. The van der Waals surface area contributed by atoms with Crippen molar-refractivity contribution in [3.8, 4) is 5.75 Å². The first-order chi connectivity index (χ1) is 9.67. The van der Waals surface area contributed by atoms with Crippen LogP contribution in [-0.4, -0.2) is 27.4 Å². The first-order valence-electron chi connectivity index (χ1n) is 6.17. The third-order valence-corrected chi connectivity index (χ3v) is 3.84. The Morgan fingerprint density at radius 3 is 3.10 bits per heavy atom. The second kappa shape index (κ2) is 5.16. The summed E-state index contributed by atoms with van der Waals surface area (Å²) in [6.07, 6.45) is 2.67. The molecule has 0 fully saturated rings. The zero-order valence-corrected chi connectivity index (χ0v) is 11.7. The highest BCUT2D eigenvalue weighted by Gasteiger charge is 2.13. The number of ether oxygens (including phenoxy) is 1. The first kappa shape index (κ1) is 13.0. The largest absolute Gasteiger partial charge is 0.493 e. The molecule has 0 amide bonds. The number of aromatic amines is 1. The molecule has 2 aromatic rings. The molecule has 20 heavy (non-hydrogen) atoms. The van der Waals surface area contributed by atoms with E-state index in [0.717, 1.165) is 23.3 Å². The van der Waals surface area contributed by atoms with Gasteiger partial charge in [0.15, 0.2) is 5.16 Å². The molecule has 2 heterocycles. The number of aromatic nitrogens is 3. The average molecular weight is 291 g/mol. The fraction of sp³-hybridized carbons (Fsp3) is 0.308. The predicted molar refractivity (Wildman–Crippen MR) is 75.6 cm³/mol. The Balaban J connectivity index is 1.99. The molecule has 1 aliphatic rings. The van der Waals surface area contributed by atoms with Crippen molar-refractivity contribution in [2.75, 3.05) is 12.9 Å². The van der Waals surface area contributed by atoms with Crippen molar-refractivity contribution in [3.05, 3.63) is 50.3 Å². The molecule has 0 spiro atoms. The SMILES string of the molecule is CSc1nc(=O)[nH]c(=O)n1Cc1ccc2c(c1)CCO2. The Hall–Kier alpha value is -2.02. The van der Waals surface area contributed by atoms with Crippen LogP contribution in [0.3, 0.4) is 0 Å². The van der Waals surface area contributed by atoms with E-state index in [1.807, 2.05) is 18.2 Å². The average Bonchev–Trinajstić information content (AvgIpc) is 2.89. The fourth-order valence-electron chi connectivity index (χ4n) is 2.24. The number of hydrogen-bond acceptors (Lipinski definition) is 5. The molecular formula is C13H13N3O3S. The molecule has 1 aromatic carbocycles. The van der Waals surface area contributed by atoms with Gasteiger partial charge < -0.3 is 4.74 Å². The fourth-order valence-corrected chi connectivity index (χ4v) is 2.78. The smallest absolute Gasteiger partial charge is 0.351 e. The number of H-pyrrole nitrogens is 1. The van der Waals surface area contributed by atoms with Crippen LogP contribution in [0.15, 0.2) is 32.9 Å². The number of nitrogens with zero attached hydrogens (tertiary/aromatic N) is 2. The van der Waals surface area contributed by atoms with Gasteiger partial charge in [0, 0.05) is 6.42 Å². The summed E-state index contributed by atoms with van der Waals surface area (Å²) in [6, 6.07) is 5.87. The molecule has 1 aromatic heterocycles. The highest BCUT2D eigenvalue weighted by molar-refractivity contribution is 7.98. The van der Waals surface area contributed by atoms with Crippen LogP contribution < -0.4 is 16.1 Å². The van der Waals surface area contributed by atoms with Crippen LogP contribution in [0.5, 0.6) is 5.75 Å². The Bertz CT molecular complexity index is 766. The minimum Gasteiger partial charge on any atom is -0.493 e. The topological polar surface area (TPSA) is 77.0 Å². The van der Waals surface area contributed by atoms with Crippen molar-refractivity contribution in [1.29, 1.82) is 0 Å². The van der Waals surface area contributed by atoms with Crippen molar-refractivity contribution in [1.82, 2.24) is 14.5 Å². The lowest BCUT2D eigenvalue weighted by molar-refractivity contribution is 0.357. The van der Waals surface area contributed by atoms with Gasteiger partial charge in [0.25, 0.3) is 0 Å². The van der Waals surface area contributed by atoms with Crippen LogP contribution in [-0.2, 0) is 13.0 Å². The minimum atomic E-state index is -0.613. The lowest BCUT2D eigenvalue weighted by atomic mass is 10.1. The summed E-state index contributed by atoms with van der Waals surface area (Å²) >= 11 is 1.28. The molecule has 104 valence electrons. The normalized spacial score (nSPS) is 13.1. The predicted octanol–water partition coefficient (Wildman–Crippen LogP) is 0.637. The van der Waals surface area contributed by atoms with Crippen LogP contribution in [0, 0.1) is 0 Å². The molecule has 0 atom stereocenters. The van der Waals surface area contributed by atoms with Crippen LogP contribution in [0.2, 0.25) is 0 Å². The van der Waals surface area contributed by atoms with E-state index in [1.54, 1.807) is 6.26 Å². The Labute approximate surface area is 118 Å². The monoisotopic (exact) mass is 291 g/mol. The molecule has 6 nitrogen and oxygen atoms in total. The summed E-state index contributed by atoms with van der Waals surface area (Å²) in [7, 11) is 0. The zero-order valence-electron chi connectivity index (χ0n) is 10.9. The maximum atomic E-state index is 11.9. The van der Waals surface area contributed by atoms with Gasteiger partial charge in [-0.3, -0.25) is 9.55 Å². The molecule has 0 aliphatic carbocycles. The lowest BCUT2D eigenvalue weighted by Crippen LogP contribution is -2.33. The molecule has 0 saturated carbocycles. The van der Waals surface area contributed by atoms with Crippen LogP contribution in [0.25, 0.3) is 0 Å². The van der Waals surface area contributed by atoms with E-state index in [-0.39, 0.29) is 0 Å². The molecule has 0 radical (unpaired) electrons. The third-order valence-electron chi connectivity index (χ3n) is 3.16. The van der Waals surface area contributed by atoms with E-state index < -0.39 is 11.4 Å². The van der Waals surface area contributed by atoms with E-state index in [1.165, 1.54) is 16.3 Å². The van der Waals surface area contributed by atoms with Gasteiger partial charge in [0.05, 0.1) is 13.2 Å². The molecule has 1 N–H and O–H groups in total. The standard InChI is InChI=1S/C13H13N3O3S/c1-20-13-15-11(17)14-12(18)16(13)7-8-2-3-10-9(6-8)4-5-19-10/h2-3,6H,4-5,7H2,1H3,(H,14,17,18). The molecule has 0 unspecified atom stereocenters. The molecule has 0 bridgehead atoms. The number of rotatable bonds is 3. The van der Waals surface area contributed by atoms with Crippen LogP contribution >= 0.6 is 11.8 Å². The van der Waals surface area contributed by atoms with E-state index >= 15 is 0 Å². The quantitative estimate of drug-likeness (QED) is 0.840. The number of thioether (sulfide) groups is 1. The first-order valence-corrected chi connectivity index (χ1v) is 7.39. The minimum absolute atomic E-state index is 0.381. The maximum absolute atomic E-state index is 11.9. The van der Waals surface area contributed by atoms with Gasteiger partial charge in [0.2, 0.25) is 0 Å². The van der Waals surface area contributed by atoms with Crippen molar-refractivity contribution in [3.63, 3.8) is 0 Å². The molecule has 0 saturated heterocycles. The van der Waals surface area contributed by atoms with Gasteiger partial charge in [-0.15, -0.1) is 0 Å². The van der Waals surface area contributed by atoms with Gasteiger partial charge >= 0.3 is 11.4 Å². The molecular weight excluding hydrogens is 278 g/mol. The Kier molecular flexibility index (Phi) is 3.35. The number of benzene rings is 1. The Morgan fingerprint density at radius 2 is 2.30 bits per heavy atom. The third kappa shape index (κ3) is 2.36. The summed E-state index contributed by atoms with van der Waals surface area (Å²) < 4.78 is 6.92. The van der Waals surface area contributed by atoms with Crippen molar-refractivity contribution < 1.29 is 4.74 Å². The Morgan fingerprint density at radius 1 is 1.45 bits per heavy atom. The van der Waals surface area contributed by atoms with Crippen LogP contribution in [0.4, 0.5) is 0 Å². The summed E-state index contributed by atoms with van der Waals surface area (Å²) in [5.41, 5.74) is 1.09. The molecule has 1 aliphatic heterocycles. The molecule has 7 heteroatoms. The second-order valence-electron chi connectivity index (χ2n) is 4.46. The number of nitrogens with one attached hydrogen (secondary N) is 1. The van der Waals surface area contributed by atoms with Crippen molar-refractivity contribution >= 4 is 11.8 Å². The maximum Gasteiger partial charge on any atom is 0.351 e. The summed E-state index contributed by atoms with van der Waals surface area (Å²) in [5.74, 6) is 0.908. The van der Waals surface area contributed by atoms with E-state index in [9.17, 15) is 9.59 Å². The van der Waals surface area contributed by atoms with Gasteiger partial charge in [-0.1, -0.05) is 23.9 Å². The molecule has 3 rings (SSSR count). The van der Waals surface area contributed by atoms with Crippen molar-refractivity contribution in [2.45, 2.75) is 18.1 Å². The van der Waals surface area contributed by atoms with Gasteiger partial charge in [-0.2, -0.15) is 4.98 Å². The van der Waals surface area contributed by atoms with E-state index in [2.05, 4.69) is 9.97 Å². The van der Waals surface area contributed by atoms with Crippen molar-refractivity contribution in [2.24, 2.45) is 0 Å². The number of hydrogen-bond donors (Lipinski definition) is 1. The van der Waals surface area contributed by atoms with E-state index in [4.69, 9.17) is 4.74 Å².